The van der Waals surface area contributed by atoms with Crippen LogP contribution in [0.25, 0.3) is 0 Å². The molecule has 3 aromatic rings. The number of hydrogen-bond acceptors (Lipinski definition) is 4. The van der Waals surface area contributed by atoms with Gasteiger partial charge in [0, 0.05) is 18.2 Å². The van der Waals surface area contributed by atoms with Crippen molar-refractivity contribution < 1.29 is 27.9 Å². The monoisotopic (exact) mass is 675 g/mol. The molecule has 3 N–H and O–H groups in total. The molecular weight excluding hydrogens is 658 g/mol. The molecule has 220 valence electrons. The third-order valence-electron chi connectivity index (χ3n) is 6.93. The van der Waals surface area contributed by atoms with Crippen LogP contribution in [0.15, 0.2) is 48.5 Å². The van der Waals surface area contributed by atoms with Crippen LogP contribution < -0.4 is 16.0 Å². The Kier molecular flexibility index (Phi) is 8.90. The zero-order chi connectivity index (χ0) is 30.3. The van der Waals surface area contributed by atoms with Gasteiger partial charge in [0.2, 0.25) is 5.91 Å². The number of nitrogens with one attached hydrogen (secondary N) is 3. The van der Waals surface area contributed by atoms with Gasteiger partial charge in [0.15, 0.2) is 5.82 Å². The van der Waals surface area contributed by atoms with Crippen LogP contribution in [0.5, 0.6) is 0 Å². The Morgan fingerprint density at radius 2 is 1.60 bits per heavy atom. The van der Waals surface area contributed by atoms with Gasteiger partial charge in [0.05, 0.1) is 32.2 Å². The number of hydrogen-bond donors (Lipinski definition) is 3. The zero-order valence-electron chi connectivity index (χ0n) is 21.3. The van der Waals surface area contributed by atoms with Crippen molar-refractivity contribution in [2.24, 2.45) is 5.92 Å². The first-order valence-electron chi connectivity index (χ1n) is 12.5. The predicted molar refractivity (Wildman–Crippen MR) is 159 cm³/mol. The summed E-state index contributed by atoms with van der Waals surface area (Å²) >= 11 is 31.1. The smallest absolute Gasteiger partial charge is 0.257 e. The lowest BCUT2D eigenvalue weighted by molar-refractivity contribution is -0.124. The summed E-state index contributed by atoms with van der Waals surface area (Å²) in [5.74, 6) is -5.73. The Labute approximate surface area is 263 Å². The third-order valence-corrected chi connectivity index (χ3v) is 8.94. The highest BCUT2D eigenvalue weighted by Gasteiger charge is 2.67. The first-order valence-corrected chi connectivity index (χ1v) is 14.4. The van der Waals surface area contributed by atoms with Crippen molar-refractivity contribution in [3.05, 3.63) is 86.4 Å². The number of carbonyl (C=O) groups is 3. The van der Waals surface area contributed by atoms with E-state index in [9.17, 15) is 18.8 Å². The number of halogens is 7. The van der Waals surface area contributed by atoms with Gasteiger partial charge in [-0.15, -0.1) is 23.2 Å². The van der Waals surface area contributed by atoms with Crippen molar-refractivity contribution in [3.63, 3.8) is 0 Å². The Balaban J connectivity index is 1.30. The lowest BCUT2D eigenvalue weighted by atomic mass is 10.1. The van der Waals surface area contributed by atoms with Crippen LogP contribution in [-0.2, 0) is 14.3 Å². The number of anilines is 3. The minimum Gasteiger partial charge on any atom is -0.368 e. The molecule has 2 aliphatic rings. The van der Waals surface area contributed by atoms with Crippen molar-refractivity contribution in [2.75, 3.05) is 22.6 Å². The van der Waals surface area contributed by atoms with Gasteiger partial charge in [-0.3, -0.25) is 14.4 Å². The number of alkyl halides is 2. The molecule has 7 nitrogen and oxygen atoms in total. The van der Waals surface area contributed by atoms with Crippen molar-refractivity contribution in [2.45, 2.75) is 29.2 Å². The lowest BCUT2D eigenvalue weighted by Crippen LogP contribution is -2.28. The lowest BCUT2D eigenvalue weighted by Gasteiger charge is -2.15. The molecule has 0 bridgehead atoms. The fourth-order valence-corrected chi connectivity index (χ4v) is 6.05. The fraction of sp³-hybridized carbons (Fsp3) is 0.250. The first kappa shape index (κ1) is 30.8. The van der Waals surface area contributed by atoms with E-state index in [2.05, 4.69) is 16.0 Å². The minimum atomic E-state index is -1.41. The van der Waals surface area contributed by atoms with E-state index in [1.54, 1.807) is 18.2 Å². The maximum atomic E-state index is 15.2. The first-order chi connectivity index (χ1) is 19.9. The van der Waals surface area contributed by atoms with Crippen LogP contribution in [0.3, 0.4) is 0 Å². The average molecular weight is 678 g/mol. The summed E-state index contributed by atoms with van der Waals surface area (Å²) in [5, 5.41) is 7.78. The van der Waals surface area contributed by atoms with Gasteiger partial charge < -0.3 is 20.7 Å². The van der Waals surface area contributed by atoms with Crippen LogP contribution in [0, 0.1) is 17.6 Å². The van der Waals surface area contributed by atoms with Gasteiger partial charge >= 0.3 is 0 Å². The second-order valence-electron chi connectivity index (χ2n) is 9.72. The summed E-state index contributed by atoms with van der Waals surface area (Å²) in [6.07, 6.45) is 0.248. The highest BCUT2D eigenvalue weighted by Crippen LogP contribution is 2.65. The van der Waals surface area contributed by atoms with Gasteiger partial charge in [0.1, 0.15) is 21.9 Å². The maximum absolute atomic E-state index is 15.2. The molecule has 5 rings (SSSR count). The van der Waals surface area contributed by atoms with E-state index in [0.29, 0.717) is 30.0 Å². The quantitative estimate of drug-likeness (QED) is 0.222. The average Bonchev–Trinajstić information content (AvgIpc) is 3.25. The van der Waals surface area contributed by atoms with Crippen LogP contribution in [-0.4, -0.2) is 34.8 Å². The Hall–Kier alpha value is -2.66. The molecular formula is C28H20Cl5F2N3O4. The molecule has 14 heteroatoms. The standard InChI is InChI=1S/C28H20Cl5F2N3O4/c29-15-6-4-13(36-27(41)22-21(28(22,32)33)12-3-5-16(30)17(31)10-12)11-14(15)25(39)37-19-8-7-18(34)24(23(19)35)38-26(40)20-2-1-9-42-20/h3-8,10-11,20-22H,1-2,9H2,(H,36,41)(H,37,39)(H,38,40)/t20?,21-,22+/m0/s1. The topological polar surface area (TPSA) is 96.5 Å². The van der Waals surface area contributed by atoms with E-state index in [-0.39, 0.29) is 21.3 Å². The molecule has 0 aromatic heterocycles. The van der Waals surface area contributed by atoms with E-state index in [0.717, 1.165) is 12.1 Å². The molecule has 1 saturated heterocycles. The molecule has 1 saturated carbocycles. The molecule has 3 amide bonds. The van der Waals surface area contributed by atoms with Crippen LogP contribution in [0.2, 0.25) is 15.1 Å². The van der Waals surface area contributed by atoms with Gasteiger partial charge in [-0.2, -0.15) is 0 Å². The van der Waals surface area contributed by atoms with E-state index in [4.69, 9.17) is 62.7 Å². The highest BCUT2D eigenvalue weighted by molar-refractivity contribution is 6.53. The highest BCUT2D eigenvalue weighted by atomic mass is 35.5. The second-order valence-corrected chi connectivity index (χ2v) is 12.4. The maximum Gasteiger partial charge on any atom is 0.257 e. The van der Waals surface area contributed by atoms with Gasteiger partial charge in [-0.25, -0.2) is 8.78 Å². The molecule has 3 aromatic carbocycles. The van der Waals surface area contributed by atoms with Crippen molar-refractivity contribution in [1.82, 2.24) is 0 Å². The number of ether oxygens (including phenoxy) is 1. The summed E-state index contributed by atoms with van der Waals surface area (Å²) in [5.41, 5.74) is -0.457. The van der Waals surface area contributed by atoms with Crippen molar-refractivity contribution in [1.29, 1.82) is 0 Å². The van der Waals surface area contributed by atoms with Crippen LogP contribution in [0.1, 0.15) is 34.7 Å². The summed E-state index contributed by atoms with van der Waals surface area (Å²) in [6.45, 7) is 0.372. The SMILES string of the molecule is O=C(Nc1ccc(F)c(NC(=O)C2CCCO2)c1F)c1cc(NC(=O)[C@H]2[C@H](c3ccc(Cl)c(Cl)c3)C2(Cl)Cl)ccc1Cl. The van der Waals surface area contributed by atoms with E-state index in [1.165, 1.54) is 18.2 Å². The van der Waals surface area contributed by atoms with Crippen LogP contribution >= 0.6 is 58.0 Å². The van der Waals surface area contributed by atoms with E-state index < -0.39 is 63.0 Å². The van der Waals surface area contributed by atoms with Crippen LogP contribution in [0.4, 0.5) is 25.8 Å². The molecule has 1 heterocycles. The molecule has 3 atom stereocenters. The number of carbonyl (C=O) groups excluding carboxylic acids is 3. The summed E-state index contributed by atoms with van der Waals surface area (Å²) in [4.78, 5) is 38.5. The Bertz CT molecular complexity index is 1600. The summed E-state index contributed by atoms with van der Waals surface area (Å²) in [6, 6.07) is 10.8. The minimum absolute atomic E-state index is 0.0101. The predicted octanol–water partition coefficient (Wildman–Crippen LogP) is 7.82. The molecule has 2 fully saturated rings. The third kappa shape index (κ3) is 6.18. The molecule has 1 unspecified atom stereocenters. The normalized spacial score (nSPS) is 20.6. The number of rotatable bonds is 7. The van der Waals surface area contributed by atoms with Crippen molar-refractivity contribution in [3.8, 4) is 0 Å². The summed E-state index contributed by atoms with van der Waals surface area (Å²) in [7, 11) is 0. The number of benzene rings is 3. The molecule has 42 heavy (non-hydrogen) atoms. The van der Waals surface area contributed by atoms with E-state index in [1.807, 2.05) is 0 Å². The fourth-order valence-electron chi connectivity index (χ4n) is 4.71. The molecule has 0 spiro atoms. The zero-order valence-corrected chi connectivity index (χ0v) is 25.0. The Morgan fingerprint density at radius 3 is 2.29 bits per heavy atom. The van der Waals surface area contributed by atoms with Crippen molar-refractivity contribution >= 4 is 92.8 Å². The Morgan fingerprint density at radius 1 is 0.857 bits per heavy atom. The van der Waals surface area contributed by atoms with Gasteiger partial charge in [-0.05, 0) is 60.9 Å². The largest absolute Gasteiger partial charge is 0.368 e. The molecule has 1 aliphatic heterocycles. The van der Waals surface area contributed by atoms with Gasteiger partial charge in [-0.1, -0.05) is 40.9 Å². The number of amides is 3. The van der Waals surface area contributed by atoms with Gasteiger partial charge in [0.25, 0.3) is 11.8 Å². The molecule has 0 radical (unpaired) electrons. The summed E-state index contributed by atoms with van der Waals surface area (Å²) < 4.78 is 33.4. The second kappa shape index (κ2) is 12.1. The molecule has 1 aliphatic carbocycles. The van der Waals surface area contributed by atoms with E-state index >= 15 is 4.39 Å².